The fourth-order valence-electron chi connectivity index (χ4n) is 4.21. The molecule has 2 saturated heterocycles. The maximum absolute atomic E-state index is 12.5. The molecule has 1 aromatic heterocycles. The Balaban J connectivity index is 1.37. The largest absolute Gasteiger partial charge is 0.357 e. The quantitative estimate of drug-likeness (QED) is 0.796. The summed E-state index contributed by atoms with van der Waals surface area (Å²) >= 11 is 0. The zero-order valence-corrected chi connectivity index (χ0v) is 16.9. The first-order valence-corrected chi connectivity index (χ1v) is 10.4. The highest BCUT2D eigenvalue weighted by atomic mass is 16.2. The molecule has 0 bridgehead atoms. The van der Waals surface area contributed by atoms with Crippen molar-refractivity contribution in [2.45, 2.75) is 52.0 Å². The Bertz CT molecular complexity index is 787. The lowest BCUT2D eigenvalue weighted by Crippen LogP contribution is -2.42. The standard InChI is InChI=1S/C22H30N4O2/c1-16(2)6-10-26-15-22(14-20(26)27)7-11-25(12-8-22)19-13-17(5-9-23-19)21(28)24-18-3-4-18/h5-6,9,13,18H,3-4,7-8,10-12,14-15H2,1-2H3,(H,24,28). The van der Waals surface area contributed by atoms with Gasteiger partial charge in [-0.15, -0.1) is 0 Å². The third-order valence-corrected chi connectivity index (χ3v) is 6.19. The van der Waals surface area contributed by atoms with Crippen LogP contribution in [0.2, 0.25) is 0 Å². The topological polar surface area (TPSA) is 65.5 Å². The van der Waals surface area contributed by atoms with Gasteiger partial charge in [-0.1, -0.05) is 11.6 Å². The van der Waals surface area contributed by atoms with Crippen LogP contribution < -0.4 is 10.2 Å². The first-order valence-electron chi connectivity index (χ1n) is 10.4. The number of anilines is 1. The molecule has 0 atom stereocenters. The second-order valence-corrected chi connectivity index (χ2v) is 8.87. The van der Waals surface area contributed by atoms with Gasteiger partial charge in [0.25, 0.3) is 5.91 Å². The predicted octanol–water partition coefficient (Wildman–Crippen LogP) is 2.76. The number of likely N-dealkylation sites (tertiary alicyclic amines) is 1. The molecule has 0 aromatic carbocycles. The first-order chi connectivity index (χ1) is 13.4. The van der Waals surface area contributed by atoms with Crippen molar-refractivity contribution >= 4 is 17.6 Å². The molecule has 6 heteroatoms. The van der Waals surface area contributed by atoms with Gasteiger partial charge < -0.3 is 15.1 Å². The van der Waals surface area contributed by atoms with Crippen LogP contribution in [0.3, 0.4) is 0 Å². The van der Waals surface area contributed by atoms with E-state index in [1.165, 1.54) is 5.57 Å². The van der Waals surface area contributed by atoms with Crippen LogP contribution >= 0.6 is 0 Å². The predicted molar refractivity (Wildman–Crippen MR) is 109 cm³/mol. The third kappa shape index (κ3) is 4.21. The lowest BCUT2D eigenvalue weighted by molar-refractivity contribution is -0.127. The number of hydrogen-bond donors (Lipinski definition) is 1. The molecule has 1 aliphatic carbocycles. The van der Waals surface area contributed by atoms with Gasteiger partial charge in [0.15, 0.2) is 0 Å². The maximum atomic E-state index is 12.5. The van der Waals surface area contributed by atoms with Crippen molar-refractivity contribution in [2.24, 2.45) is 5.41 Å². The Kier molecular flexibility index (Phi) is 5.13. The minimum Gasteiger partial charge on any atom is -0.357 e. The van der Waals surface area contributed by atoms with E-state index in [9.17, 15) is 9.59 Å². The number of carbonyl (C=O) groups is 2. The van der Waals surface area contributed by atoms with Crippen molar-refractivity contribution in [1.82, 2.24) is 15.2 Å². The Hall–Kier alpha value is -2.37. The molecule has 0 radical (unpaired) electrons. The second-order valence-electron chi connectivity index (χ2n) is 8.87. The summed E-state index contributed by atoms with van der Waals surface area (Å²) in [6.45, 7) is 7.49. The normalized spacial score (nSPS) is 21.1. The minimum absolute atomic E-state index is 0.00377. The lowest BCUT2D eigenvalue weighted by Gasteiger charge is -2.39. The summed E-state index contributed by atoms with van der Waals surface area (Å²) in [6.07, 6.45) is 8.67. The van der Waals surface area contributed by atoms with Crippen molar-refractivity contribution < 1.29 is 9.59 Å². The number of pyridine rings is 1. The molecule has 2 aliphatic heterocycles. The molecule has 3 fully saturated rings. The number of hydrogen-bond acceptors (Lipinski definition) is 4. The average molecular weight is 383 g/mol. The van der Waals surface area contributed by atoms with Crippen molar-refractivity contribution in [1.29, 1.82) is 0 Å². The molecule has 6 nitrogen and oxygen atoms in total. The summed E-state index contributed by atoms with van der Waals surface area (Å²) in [5, 5.41) is 3.04. The summed E-state index contributed by atoms with van der Waals surface area (Å²) in [6, 6.07) is 4.04. The Morgan fingerprint density at radius 1 is 1.32 bits per heavy atom. The van der Waals surface area contributed by atoms with Gasteiger partial charge in [0.1, 0.15) is 5.82 Å². The van der Waals surface area contributed by atoms with Gasteiger partial charge >= 0.3 is 0 Å². The number of rotatable bonds is 5. The van der Waals surface area contributed by atoms with Gasteiger partial charge in [0.2, 0.25) is 5.91 Å². The summed E-state index contributed by atoms with van der Waals surface area (Å²) in [4.78, 5) is 33.5. The average Bonchev–Trinajstić information content (AvgIpc) is 3.44. The molecule has 0 unspecified atom stereocenters. The van der Waals surface area contributed by atoms with Crippen LogP contribution in [0.4, 0.5) is 5.82 Å². The van der Waals surface area contributed by atoms with Gasteiger partial charge in [-0.05, 0) is 51.7 Å². The van der Waals surface area contributed by atoms with Crippen molar-refractivity contribution in [3.63, 3.8) is 0 Å². The molecule has 4 rings (SSSR count). The Morgan fingerprint density at radius 3 is 2.75 bits per heavy atom. The van der Waals surface area contributed by atoms with Crippen LogP contribution in [0.1, 0.15) is 56.3 Å². The maximum Gasteiger partial charge on any atom is 0.251 e. The highest BCUT2D eigenvalue weighted by Crippen LogP contribution is 2.41. The molecule has 3 aliphatic rings. The van der Waals surface area contributed by atoms with E-state index in [1.54, 1.807) is 12.3 Å². The smallest absolute Gasteiger partial charge is 0.251 e. The number of nitrogens with one attached hydrogen (secondary N) is 1. The zero-order valence-electron chi connectivity index (χ0n) is 16.9. The molecule has 1 aromatic rings. The van der Waals surface area contributed by atoms with E-state index in [1.807, 2.05) is 11.0 Å². The number of piperidine rings is 1. The fraction of sp³-hybridized carbons (Fsp3) is 0.591. The summed E-state index contributed by atoms with van der Waals surface area (Å²) in [5.41, 5.74) is 2.03. The third-order valence-electron chi connectivity index (χ3n) is 6.19. The van der Waals surface area contributed by atoms with Gasteiger partial charge in [-0.25, -0.2) is 4.98 Å². The summed E-state index contributed by atoms with van der Waals surface area (Å²) < 4.78 is 0. The molecular formula is C22H30N4O2. The zero-order chi connectivity index (χ0) is 19.7. The highest BCUT2D eigenvalue weighted by Gasteiger charge is 2.44. The number of allylic oxidation sites excluding steroid dienone is 1. The Labute approximate surface area is 167 Å². The highest BCUT2D eigenvalue weighted by molar-refractivity contribution is 5.95. The molecule has 1 N–H and O–H groups in total. The molecule has 1 spiro atoms. The minimum atomic E-state index is -0.00377. The van der Waals surface area contributed by atoms with Crippen LogP contribution in [-0.2, 0) is 4.79 Å². The number of carbonyl (C=O) groups excluding carboxylic acids is 2. The van der Waals surface area contributed by atoms with E-state index in [0.717, 1.165) is 57.7 Å². The van der Waals surface area contributed by atoms with Crippen LogP contribution in [0.5, 0.6) is 0 Å². The molecule has 1 saturated carbocycles. The molecule has 3 heterocycles. The fourth-order valence-corrected chi connectivity index (χ4v) is 4.21. The second kappa shape index (κ2) is 7.57. The lowest BCUT2D eigenvalue weighted by atomic mass is 9.77. The van der Waals surface area contributed by atoms with Crippen molar-refractivity contribution in [2.75, 3.05) is 31.1 Å². The molecular weight excluding hydrogens is 352 g/mol. The van der Waals surface area contributed by atoms with E-state index in [-0.39, 0.29) is 17.2 Å². The van der Waals surface area contributed by atoms with Gasteiger partial charge in [0, 0.05) is 55.8 Å². The van der Waals surface area contributed by atoms with Crippen LogP contribution in [-0.4, -0.2) is 53.9 Å². The monoisotopic (exact) mass is 382 g/mol. The number of nitrogens with zero attached hydrogens (tertiary/aromatic N) is 3. The van der Waals surface area contributed by atoms with Gasteiger partial charge in [-0.3, -0.25) is 9.59 Å². The Morgan fingerprint density at radius 2 is 2.07 bits per heavy atom. The number of amides is 2. The van der Waals surface area contributed by atoms with Crippen molar-refractivity contribution in [3.05, 3.63) is 35.5 Å². The summed E-state index contributed by atoms with van der Waals surface area (Å²) in [5.74, 6) is 1.14. The van der Waals surface area contributed by atoms with Gasteiger partial charge in [0.05, 0.1) is 0 Å². The van der Waals surface area contributed by atoms with E-state index in [4.69, 9.17) is 0 Å². The van der Waals surface area contributed by atoms with Crippen molar-refractivity contribution in [3.8, 4) is 0 Å². The van der Waals surface area contributed by atoms with E-state index in [2.05, 4.69) is 35.1 Å². The molecule has 28 heavy (non-hydrogen) atoms. The van der Waals surface area contributed by atoms with E-state index < -0.39 is 0 Å². The van der Waals surface area contributed by atoms with E-state index in [0.29, 0.717) is 18.0 Å². The van der Waals surface area contributed by atoms with Crippen LogP contribution in [0.25, 0.3) is 0 Å². The molecule has 2 amide bonds. The van der Waals surface area contributed by atoms with Gasteiger partial charge in [-0.2, -0.15) is 0 Å². The number of aromatic nitrogens is 1. The van der Waals surface area contributed by atoms with E-state index >= 15 is 0 Å². The van der Waals surface area contributed by atoms with Crippen LogP contribution in [0, 0.1) is 5.41 Å². The first kappa shape index (κ1) is 19.0. The SMILES string of the molecule is CC(C)=CCN1CC2(CCN(c3cc(C(=O)NC4CC4)ccn3)CC2)CC1=O. The summed E-state index contributed by atoms with van der Waals surface area (Å²) in [7, 11) is 0. The van der Waals surface area contributed by atoms with Crippen LogP contribution in [0.15, 0.2) is 30.0 Å². The molecule has 150 valence electrons.